The van der Waals surface area contributed by atoms with Crippen molar-refractivity contribution in [2.45, 2.75) is 61.7 Å². The second kappa shape index (κ2) is 17.7. The lowest BCUT2D eigenvalue weighted by Crippen LogP contribution is -2.45. The summed E-state index contributed by atoms with van der Waals surface area (Å²) >= 11 is 1.63. The Labute approximate surface area is 303 Å². The molecule has 16 nitrogen and oxygen atoms in total. The lowest BCUT2D eigenvalue weighted by molar-refractivity contribution is -0.385. The highest BCUT2D eigenvalue weighted by Gasteiger charge is 2.42. The Morgan fingerprint density at radius 2 is 1.46 bits per heavy atom. The number of carbonyl (C=O) groups is 3. The molecule has 52 heavy (non-hydrogen) atoms. The predicted molar refractivity (Wildman–Crippen MR) is 188 cm³/mol. The number of carbonyl (C=O) groups excluding carboxylic acids is 3. The maximum Gasteiger partial charge on any atom is 0.410 e. The van der Waals surface area contributed by atoms with E-state index in [1.165, 1.54) is 53.4 Å². The van der Waals surface area contributed by atoms with Gasteiger partial charge in [-0.1, -0.05) is 12.1 Å². The number of nitrogens with one attached hydrogen (secondary N) is 1. The third-order valence-electron chi connectivity index (χ3n) is 8.90. The molecule has 3 amide bonds. The van der Waals surface area contributed by atoms with Crippen LogP contribution in [0.5, 0.6) is 5.75 Å². The number of non-ortho nitro benzene ring substituents is 2. The van der Waals surface area contributed by atoms with E-state index in [1.54, 1.807) is 23.8 Å². The van der Waals surface area contributed by atoms with E-state index in [4.69, 9.17) is 14.2 Å². The minimum absolute atomic E-state index is 0.0545. The van der Waals surface area contributed by atoms with Crippen molar-refractivity contribution < 1.29 is 43.5 Å². The SMILES string of the molecule is COc1ccc(CS[C@H]2C[C@@H]([C@@H](O)CC(=O)N3CC[C@H](NC(=O)OCc4ccc([N+](=O)[O-])cc4)C3)N(C(=O)OCc3ccc([N+](=O)[O-])cc3)C2)cc1. The molecule has 2 heterocycles. The van der Waals surface area contributed by atoms with E-state index in [1.807, 2.05) is 24.3 Å². The van der Waals surface area contributed by atoms with Gasteiger partial charge in [-0.05, 0) is 65.9 Å². The molecule has 2 saturated heterocycles. The Morgan fingerprint density at radius 1 is 0.885 bits per heavy atom. The Morgan fingerprint density at radius 3 is 2.04 bits per heavy atom. The fraction of sp³-hybridized carbons (Fsp3) is 0.400. The van der Waals surface area contributed by atoms with Crippen molar-refractivity contribution in [2.24, 2.45) is 0 Å². The monoisotopic (exact) mass is 737 g/mol. The van der Waals surface area contributed by atoms with E-state index in [-0.39, 0.29) is 61.3 Å². The molecule has 3 aromatic carbocycles. The van der Waals surface area contributed by atoms with Gasteiger partial charge in [-0.2, -0.15) is 11.8 Å². The van der Waals surface area contributed by atoms with Crippen molar-refractivity contribution in [3.63, 3.8) is 0 Å². The number of aliphatic hydroxyl groups excluding tert-OH is 1. The van der Waals surface area contributed by atoms with Crippen LogP contribution in [0, 0.1) is 20.2 Å². The smallest absolute Gasteiger partial charge is 0.410 e. The molecule has 2 N–H and O–H groups in total. The number of hydrogen-bond acceptors (Lipinski definition) is 12. The van der Waals surface area contributed by atoms with Crippen LogP contribution >= 0.6 is 11.8 Å². The molecule has 0 aromatic heterocycles. The molecular formula is C35H39N5O11S. The second-order valence-electron chi connectivity index (χ2n) is 12.5. The number of alkyl carbamates (subject to hydrolysis) is 1. The normalized spacial score (nSPS) is 18.8. The van der Waals surface area contributed by atoms with Crippen molar-refractivity contribution in [1.82, 2.24) is 15.1 Å². The number of thioether (sulfide) groups is 1. The summed E-state index contributed by atoms with van der Waals surface area (Å²) in [6.07, 6.45) is -1.89. The Balaban J connectivity index is 1.14. The number of ether oxygens (including phenoxy) is 3. The van der Waals surface area contributed by atoms with Crippen LogP contribution in [0.3, 0.4) is 0 Å². The Bertz CT molecular complexity index is 1730. The fourth-order valence-electron chi connectivity index (χ4n) is 6.02. The molecular weight excluding hydrogens is 698 g/mol. The van der Waals surface area contributed by atoms with Crippen LogP contribution in [0.25, 0.3) is 0 Å². The molecule has 0 saturated carbocycles. The molecule has 2 aliphatic rings. The molecule has 276 valence electrons. The van der Waals surface area contributed by atoms with Gasteiger partial charge in [0.05, 0.1) is 41.6 Å². The molecule has 5 rings (SSSR count). The van der Waals surface area contributed by atoms with Crippen molar-refractivity contribution in [2.75, 3.05) is 26.7 Å². The van der Waals surface area contributed by atoms with Crippen molar-refractivity contribution in [3.8, 4) is 5.75 Å². The van der Waals surface area contributed by atoms with Crippen LogP contribution in [-0.2, 0) is 33.2 Å². The molecule has 2 fully saturated rings. The maximum atomic E-state index is 13.4. The molecule has 2 aliphatic heterocycles. The summed E-state index contributed by atoms with van der Waals surface area (Å²) in [4.78, 5) is 62.8. The third kappa shape index (κ3) is 10.3. The van der Waals surface area contributed by atoms with E-state index < -0.39 is 34.2 Å². The van der Waals surface area contributed by atoms with E-state index in [0.717, 1.165) is 11.3 Å². The fourth-order valence-corrected chi connectivity index (χ4v) is 7.24. The van der Waals surface area contributed by atoms with Crippen molar-refractivity contribution in [1.29, 1.82) is 0 Å². The summed E-state index contributed by atoms with van der Waals surface area (Å²) in [5.41, 5.74) is 2.04. The molecule has 0 spiro atoms. The summed E-state index contributed by atoms with van der Waals surface area (Å²) in [6, 6.07) is 17.9. The summed E-state index contributed by atoms with van der Waals surface area (Å²) in [5, 5.41) is 35.8. The van der Waals surface area contributed by atoms with Crippen LogP contribution in [0.1, 0.15) is 36.0 Å². The largest absolute Gasteiger partial charge is 0.497 e. The minimum Gasteiger partial charge on any atom is -0.497 e. The van der Waals surface area contributed by atoms with Crippen LogP contribution in [-0.4, -0.2) is 93.0 Å². The third-order valence-corrected chi connectivity index (χ3v) is 10.2. The number of nitro groups is 2. The van der Waals surface area contributed by atoms with Crippen molar-refractivity contribution in [3.05, 3.63) is 110 Å². The first kappa shape index (κ1) is 37.8. The zero-order chi connectivity index (χ0) is 37.2. The molecule has 3 aromatic rings. The first-order chi connectivity index (χ1) is 25.0. The lowest BCUT2D eigenvalue weighted by atomic mass is 10.0. The molecule has 0 aliphatic carbocycles. The molecule has 0 bridgehead atoms. The summed E-state index contributed by atoms with van der Waals surface area (Å²) < 4.78 is 16.0. The zero-order valence-corrected chi connectivity index (χ0v) is 29.1. The second-order valence-corrected chi connectivity index (χ2v) is 13.7. The Hall–Kier alpha value is -5.42. The number of benzene rings is 3. The summed E-state index contributed by atoms with van der Waals surface area (Å²) in [6.45, 7) is 0.638. The van der Waals surface area contributed by atoms with Gasteiger partial charge in [0.1, 0.15) is 19.0 Å². The minimum atomic E-state index is -1.19. The number of nitrogens with zero attached hydrogens (tertiary/aromatic N) is 4. The van der Waals surface area contributed by atoms with Gasteiger partial charge < -0.3 is 34.4 Å². The van der Waals surface area contributed by atoms with E-state index in [2.05, 4.69) is 5.32 Å². The number of hydrogen-bond donors (Lipinski definition) is 2. The van der Waals surface area contributed by atoms with E-state index in [0.29, 0.717) is 36.3 Å². The van der Waals surface area contributed by atoms with Gasteiger partial charge in [-0.25, -0.2) is 9.59 Å². The number of amides is 3. The van der Waals surface area contributed by atoms with Gasteiger partial charge in [0.2, 0.25) is 5.91 Å². The average Bonchev–Trinajstić information content (AvgIpc) is 3.80. The Kier molecular flexibility index (Phi) is 12.9. The highest BCUT2D eigenvalue weighted by atomic mass is 32.2. The first-order valence-electron chi connectivity index (χ1n) is 16.5. The maximum absolute atomic E-state index is 13.4. The van der Waals surface area contributed by atoms with Gasteiger partial charge in [0.25, 0.3) is 11.4 Å². The van der Waals surface area contributed by atoms with Gasteiger partial charge in [0.15, 0.2) is 0 Å². The number of nitro benzene ring substituents is 2. The highest BCUT2D eigenvalue weighted by Crippen LogP contribution is 2.33. The van der Waals surface area contributed by atoms with Crippen LogP contribution in [0.2, 0.25) is 0 Å². The van der Waals surface area contributed by atoms with Gasteiger partial charge in [-0.3, -0.25) is 25.0 Å². The molecule has 17 heteroatoms. The van der Waals surface area contributed by atoms with Crippen LogP contribution in [0.15, 0.2) is 72.8 Å². The quantitative estimate of drug-likeness (QED) is 0.169. The van der Waals surface area contributed by atoms with Gasteiger partial charge >= 0.3 is 12.2 Å². The molecule has 0 radical (unpaired) electrons. The van der Waals surface area contributed by atoms with E-state index >= 15 is 0 Å². The highest BCUT2D eigenvalue weighted by molar-refractivity contribution is 7.99. The standard InChI is InChI=1S/C35H39N5O11S/c1-49-29-12-6-25(7-13-29)22-52-30-16-31(38(19-30)35(44)51-21-24-4-10-28(11-5-24)40(47)48)32(41)17-33(42)37-15-14-26(18-37)36-34(43)50-20-23-2-8-27(9-3-23)39(45)46/h2-13,26,30-32,41H,14-22H2,1H3,(H,36,43)/t26-,30-,31-,32-/m0/s1. The molecule has 4 atom stereocenters. The number of rotatable bonds is 14. The first-order valence-corrected chi connectivity index (χ1v) is 17.6. The summed E-state index contributed by atoms with van der Waals surface area (Å²) in [7, 11) is 1.59. The average molecular weight is 738 g/mol. The van der Waals surface area contributed by atoms with Crippen molar-refractivity contribution >= 4 is 41.2 Å². The predicted octanol–water partition coefficient (Wildman–Crippen LogP) is 4.80. The zero-order valence-electron chi connectivity index (χ0n) is 28.3. The van der Waals surface area contributed by atoms with E-state index in [9.17, 15) is 39.7 Å². The van der Waals surface area contributed by atoms with Crippen LogP contribution in [0.4, 0.5) is 21.0 Å². The number of likely N-dealkylation sites (tertiary alicyclic amines) is 2. The summed E-state index contributed by atoms with van der Waals surface area (Å²) in [5.74, 6) is 1.06. The van der Waals surface area contributed by atoms with Crippen LogP contribution < -0.4 is 10.1 Å². The number of aliphatic hydroxyl groups is 1. The topological polar surface area (TPSA) is 204 Å². The number of methoxy groups -OCH3 is 1. The molecule has 0 unspecified atom stereocenters. The lowest BCUT2D eigenvalue weighted by Gasteiger charge is -2.28. The van der Waals surface area contributed by atoms with Gasteiger partial charge in [-0.15, -0.1) is 0 Å². The van der Waals surface area contributed by atoms with Gasteiger partial charge in [0, 0.05) is 54.9 Å².